The van der Waals surface area contributed by atoms with E-state index in [0.29, 0.717) is 0 Å². The van der Waals surface area contributed by atoms with Crippen molar-refractivity contribution in [3.8, 4) is 0 Å². The van der Waals surface area contributed by atoms with Crippen molar-refractivity contribution in [2.75, 3.05) is 20.1 Å². The van der Waals surface area contributed by atoms with Crippen LogP contribution in [0.2, 0.25) is 0 Å². The topological polar surface area (TPSA) is 92.4 Å². The fourth-order valence-corrected chi connectivity index (χ4v) is 1.47. The smallest absolute Gasteiger partial charge is 0.294 e. The van der Waals surface area contributed by atoms with Gasteiger partial charge in [0.05, 0.1) is 4.90 Å². The highest BCUT2D eigenvalue weighted by atomic mass is 32.2. The van der Waals surface area contributed by atoms with Gasteiger partial charge in [-0.15, -0.1) is 0 Å². The normalized spacial score (nSPS) is 10.6. The van der Waals surface area contributed by atoms with E-state index in [1.807, 2.05) is 14.0 Å². The average molecular weight is 260 g/mol. The maximum absolute atomic E-state index is 10.5. The molecule has 0 fully saturated rings. The van der Waals surface area contributed by atoms with Gasteiger partial charge in [-0.3, -0.25) is 4.55 Å². The number of benzene rings is 1. The summed E-state index contributed by atoms with van der Waals surface area (Å²) in [5, 5.41) is 2.99. The number of nitrogens with one attached hydrogen (secondary N) is 1. The highest BCUT2D eigenvalue weighted by molar-refractivity contribution is 7.85. The first kappa shape index (κ1) is 16.1. The van der Waals surface area contributed by atoms with Crippen LogP contribution in [0.3, 0.4) is 0 Å². The van der Waals surface area contributed by atoms with E-state index in [4.69, 9.17) is 10.3 Å². The van der Waals surface area contributed by atoms with Crippen molar-refractivity contribution in [1.82, 2.24) is 5.32 Å². The zero-order valence-electron chi connectivity index (χ0n) is 10.2. The molecule has 0 heterocycles. The fraction of sp³-hybridized carbons (Fsp3) is 0.455. The zero-order chi connectivity index (χ0) is 13.3. The summed E-state index contributed by atoms with van der Waals surface area (Å²) in [5.74, 6) is 0. The van der Waals surface area contributed by atoms with E-state index in [0.717, 1.165) is 25.1 Å². The minimum Gasteiger partial charge on any atom is -0.330 e. The Labute approximate surface area is 103 Å². The van der Waals surface area contributed by atoms with Crippen LogP contribution in [0.4, 0.5) is 0 Å². The van der Waals surface area contributed by atoms with E-state index in [1.165, 1.54) is 12.1 Å². The SMILES string of the molecule is CNCCCN.Cc1ccc(S(=O)(=O)O)cc1. The second kappa shape index (κ2) is 8.19. The Morgan fingerprint density at radius 3 is 2.12 bits per heavy atom. The van der Waals surface area contributed by atoms with Crippen molar-refractivity contribution in [3.05, 3.63) is 29.8 Å². The van der Waals surface area contributed by atoms with Gasteiger partial charge in [0.2, 0.25) is 0 Å². The lowest BCUT2D eigenvalue weighted by molar-refractivity contribution is 0.483. The number of nitrogens with two attached hydrogens (primary N) is 1. The molecule has 0 bridgehead atoms. The average Bonchev–Trinajstić information content (AvgIpc) is 2.26. The third-order valence-corrected chi connectivity index (χ3v) is 2.82. The standard InChI is InChI=1S/C7H8O3S.C4H12N2/c1-6-2-4-7(5-3-6)11(8,9)10;1-6-4-2-3-5/h2-5H,1H3,(H,8,9,10);6H,2-5H2,1H3. The molecule has 4 N–H and O–H groups in total. The Kier molecular flexibility index (Phi) is 7.73. The van der Waals surface area contributed by atoms with Gasteiger partial charge in [0, 0.05) is 0 Å². The molecule has 17 heavy (non-hydrogen) atoms. The number of aryl methyl sites for hydroxylation is 1. The molecule has 0 aliphatic carbocycles. The second-order valence-corrected chi connectivity index (χ2v) is 4.96. The van der Waals surface area contributed by atoms with E-state index in [1.54, 1.807) is 12.1 Å². The van der Waals surface area contributed by atoms with Crippen molar-refractivity contribution < 1.29 is 13.0 Å². The molecule has 1 rings (SSSR count). The van der Waals surface area contributed by atoms with Gasteiger partial charge in [-0.05, 0) is 45.6 Å². The van der Waals surface area contributed by atoms with E-state index >= 15 is 0 Å². The van der Waals surface area contributed by atoms with Gasteiger partial charge in [-0.2, -0.15) is 8.42 Å². The maximum Gasteiger partial charge on any atom is 0.294 e. The first-order valence-electron chi connectivity index (χ1n) is 5.30. The molecule has 0 atom stereocenters. The van der Waals surface area contributed by atoms with Crippen molar-refractivity contribution >= 4 is 10.1 Å². The van der Waals surface area contributed by atoms with Crippen LogP contribution >= 0.6 is 0 Å². The quantitative estimate of drug-likeness (QED) is 0.550. The molecule has 98 valence electrons. The molecule has 0 aromatic heterocycles. The van der Waals surface area contributed by atoms with E-state index in [2.05, 4.69) is 5.32 Å². The molecule has 0 saturated carbocycles. The monoisotopic (exact) mass is 260 g/mol. The summed E-state index contributed by atoms with van der Waals surface area (Å²) in [4.78, 5) is -0.0666. The Hall–Kier alpha value is -0.950. The van der Waals surface area contributed by atoms with Gasteiger partial charge in [0.15, 0.2) is 0 Å². The lowest BCUT2D eigenvalue weighted by Gasteiger charge is -1.95. The van der Waals surface area contributed by atoms with Gasteiger partial charge in [-0.1, -0.05) is 17.7 Å². The lowest BCUT2D eigenvalue weighted by atomic mass is 10.2. The highest BCUT2D eigenvalue weighted by Crippen LogP contribution is 2.08. The fourth-order valence-electron chi connectivity index (χ4n) is 0.989. The Morgan fingerprint density at radius 1 is 1.29 bits per heavy atom. The van der Waals surface area contributed by atoms with Crippen LogP contribution in [0.25, 0.3) is 0 Å². The summed E-state index contributed by atoms with van der Waals surface area (Å²) in [6, 6.07) is 5.99. The highest BCUT2D eigenvalue weighted by Gasteiger charge is 2.06. The number of hydrogen-bond acceptors (Lipinski definition) is 4. The van der Waals surface area contributed by atoms with Crippen LogP contribution in [0.1, 0.15) is 12.0 Å². The third kappa shape index (κ3) is 7.87. The summed E-state index contributed by atoms with van der Waals surface area (Å²) in [6.07, 6.45) is 1.08. The zero-order valence-corrected chi connectivity index (χ0v) is 11.0. The van der Waals surface area contributed by atoms with Crippen LogP contribution in [0.15, 0.2) is 29.2 Å². The minimum atomic E-state index is -4.02. The summed E-state index contributed by atoms with van der Waals surface area (Å²) >= 11 is 0. The van der Waals surface area contributed by atoms with E-state index in [-0.39, 0.29) is 4.90 Å². The van der Waals surface area contributed by atoms with Crippen LogP contribution in [0.5, 0.6) is 0 Å². The summed E-state index contributed by atoms with van der Waals surface area (Å²) in [7, 11) is -2.09. The molecule has 0 spiro atoms. The number of rotatable bonds is 4. The van der Waals surface area contributed by atoms with Gasteiger partial charge in [-0.25, -0.2) is 0 Å². The van der Waals surface area contributed by atoms with Crippen LogP contribution in [-0.4, -0.2) is 33.1 Å². The Morgan fingerprint density at radius 2 is 1.82 bits per heavy atom. The summed E-state index contributed by atoms with van der Waals surface area (Å²) in [6.45, 7) is 3.67. The van der Waals surface area contributed by atoms with Gasteiger partial charge in [0.25, 0.3) is 10.1 Å². The lowest BCUT2D eigenvalue weighted by Crippen LogP contribution is -2.12. The van der Waals surface area contributed by atoms with Crippen molar-refractivity contribution in [3.63, 3.8) is 0 Å². The summed E-state index contributed by atoms with van der Waals surface area (Å²) in [5.41, 5.74) is 6.13. The Bertz CT molecular complexity index is 397. The molecule has 1 aromatic carbocycles. The summed E-state index contributed by atoms with van der Waals surface area (Å²) < 4.78 is 29.6. The molecule has 1 aromatic rings. The van der Waals surface area contributed by atoms with Gasteiger partial charge in [0.1, 0.15) is 0 Å². The molecule has 6 heteroatoms. The molecule has 0 aliphatic rings. The molecule has 0 saturated heterocycles. The molecule has 0 amide bonds. The van der Waals surface area contributed by atoms with E-state index < -0.39 is 10.1 Å². The van der Waals surface area contributed by atoms with Crippen molar-refractivity contribution in [2.45, 2.75) is 18.2 Å². The molecule has 0 aliphatic heterocycles. The number of hydrogen-bond donors (Lipinski definition) is 3. The first-order valence-corrected chi connectivity index (χ1v) is 6.74. The maximum atomic E-state index is 10.5. The molecule has 0 unspecified atom stereocenters. The minimum absolute atomic E-state index is 0.0666. The van der Waals surface area contributed by atoms with Crippen LogP contribution < -0.4 is 11.1 Å². The predicted octanol–water partition coefficient (Wildman–Crippen LogP) is 0.796. The first-order chi connectivity index (χ1) is 7.91. The van der Waals surface area contributed by atoms with E-state index in [9.17, 15) is 8.42 Å². The largest absolute Gasteiger partial charge is 0.330 e. The van der Waals surface area contributed by atoms with Crippen LogP contribution in [-0.2, 0) is 10.1 Å². The molecular formula is C11H20N2O3S. The second-order valence-electron chi connectivity index (χ2n) is 3.53. The molecular weight excluding hydrogens is 240 g/mol. The molecule has 5 nitrogen and oxygen atoms in total. The Balaban J connectivity index is 0.000000366. The molecule has 0 radical (unpaired) electrons. The van der Waals surface area contributed by atoms with Crippen molar-refractivity contribution in [1.29, 1.82) is 0 Å². The predicted molar refractivity (Wildman–Crippen MR) is 68.6 cm³/mol. The van der Waals surface area contributed by atoms with Crippen molar-refractivity contribution in [2.24, 2.45) is 5.73 Å². The van der Waals surface area contributed by atoms with Gasteiger partial charge < -0.3 is 11.1 Å². The third-order valence-electron chi connectivity index (χ3n) is 1.95. The van der Waals surface area contributed by atoms with Crippen LogP contribution in [0, 0.1) is 6.92 Å². The van der Waals surface area contributed by atoms with Gasteiger partial charge >= 0.3 is 0 Å².